The molecule has 0 amide bonds. The Morgan fingerprint density at radius 1 is 1.58 bits per heavy atom. The number of nitrogens with two attached hydrogens (primary N) is 1. The number of carbonyl (C=O) groups excluding carboxylic acids is 1. The summed E-state index contributed by atoms with van der Waals surface area (Å²) in [5, 5.41) is 4.25. The molecule has 0 fully saturated rings. The molecule has 1 aromatic heterocycles. The zero-order chi connectivity index (χ0) is 14.6. The van der Waals surface area contributed by atoms with E-state index < -0.39 is 15.9 Å². The summed E-state index contributed by atoms with van der Waals surface area (Å²) in [6.45, 7) is 2.51. The molecule has 0 aliphatic carbocycles. The van der Waals surface area contributed by atoms with Crippen LogP contribution in [0.25, 0.3) is 0 Å². The number of ketones is 1. The Morgan fingerprint density at radius 2 is 2.21 bits per heavy atom. The summed E-state index contributed by atoms with van der Waals surface area (Å²) in [6, 6.07) is -0.889. The fraction of sp³-hybridized carbons (Fsp3) is 0.636. The molecule has 0 saturated carbocycles. The highest BCUT2D eigenvalue weighted by Crippen LogP contribution is 2.18. The second-order valence-electron chi connectivity index (χ2n) is 4.45. The van der Waals surface area contributed by atoms with Crippen molar-refractivity contribution in [3.63, 3.8) is 0 Å². The SMILES string of the molecule is CCCn1ncc(Cl)c1C(=O)C(N)CCS(C)(=O)=O. The molecule has 8 heteroatoms. The molecule has 19 heavy (non-hydrogen) atoms. The van der Waals surface area contributed by atoms with E-state index in [2.05, 4.69) is 5.10 Å². The molecule has 1 aromatic rings. The predicted molar refractivity (Wildman–Crippen MR) is 74.2 cm³/mol. The van der Waals surface area contributed by atoms with Crippen LogP contribution in [0.2, 0.25) is 5.02 Å². The monoisotopic (exact) mass is 307 g/mol. The second kappa shape index (κ2) is 6.49. The van der Waals surface area contributed by atoms with Crippen LogP contribution in [0, 0.1) is 0 Å². The van der Waals surface area contributed by atoms with E-state index in [0.717, 1.165) is 12.7 Å². The fourth-order valence-electron chi connectivity index (χ4n) is 1.64. The van der Waals surface area contributed by atoms with Crippen molar-refractivity contribution >= 4 is 27.2 Å². The number of aromatic nitrogens is 2. The van der Waals surface area contributed by atoms with E-state index in [0.29, 0.717) is 6.54 Å². The molecule has 0 spiro atoms. The van der Waals surface area contributed by atoms with Gasteiger partial charge in [0.2, 0.25) is 0 Å². The average Bonchev–Trinajstić information content (AvgIpc) is 2.66. The van der Waals surface area contributed by atoms with Gasteiger partial charge in [-0.25, -0.2) is 8.42 Å². The van der Waals surface area contributed by atoms with Gasteiger partial charge in [0.05, 0.1) is 23.0 Å². The molecule has 1 unspecified atom stereocenters. The molecule has 108 valence electrons. The number of nitrogens with zero attached hydrogens (tertiary/aromatic N) is 2. The number of rotatable bonds is 7. The Balaban J connectivity index is 2.84. The van der Waals surface area contributed by atoms with Crippen LogP contribution in [0.1, 0.15) is 30.3 Å². The van der Waals surface area contributed by atoms with Gasteiger partial charge in [-0.3, -0.25) is 9.48 Å². The van der Waals surface area contributed by atoms with Crippen molar-refractivity contribution in [2.75, 3.05) is 12.0 Å². The number of sulfone groups is 1. The smallest absolute Gasteiger partial charge is 0.199 e. The molecule has 0 bridgehead atoms. The maximum atomic E-state index is 12.2. The molecule has 0 saturated heterocycles. The molecule has 1 atom stereocenters. The van der Waals surface area contributed by atoms with E-state index in [1.165, 1.54) is 10.9 Å². The first-order chi connectivity index (χ1) is 8.76. The zero-order valence-corrected chi connectivity index (χ0v) is 12.5. The highest BCUT2D eigenvalue weighted by atomic mass is 35.5. The molecule has 1 rings (SSSR count). The van der Waals surface area contributed by atoms with E-state index in [9.17, 15) is 13.2 Å². The van der Waals surface area contributed by atoms with E-state index in [1.54, 1.807) is 0 Å². The molecule has 2 N–H and O–H groups in total. The third kappa shape index (κ3) is 4.59. The van der Waals surface area contributed by atoms with Crippen LogP contribution in [0.3, 0.4) is 0 Å². The average molecular weight is 308 g/mol. The van der Waals surface area contributed by atoms with Gasteiger partial charge in [-0.05, 0) is 12.8 Å². The van der Waals surface area contributed by atoms with Gasteiger partial charge >= 0.3 is 0 Å². The molecule has 0 aliphatic rings. The Labute approximate surface area is 117 Å². The minimum atomic E-state index is -3.14. The van der Waals surface area contributed by atoms with E-state index >= 15 is 0 Å². The minimum absolute atomic E-state index is 0.0747. The first-order valence-corrected chi connectivity index (χ1v) is 8.39. The summed E-state index contributed by atoms with van der Waals surface area (Å²) in [4.78, 5) is 12.2. The van der Waals surface area contributed by atoms with Gasteiger partial charge in [-0.2, -0.15) is 5.10 Å². The lowest BCUT2D eigenvalue weighted by Gasteiger charge is -2.11. The lowest BCUT2D eigenvalue weighted by Crippen LogP contribution is -2.34. The van der Waals surface area contributed by atoms with Gasteiger partial charge in [-0.1, -0.05) is 18.5 Å². The van der Waals surface area contributed by atoms with Crippen LogP contribution < -0.4 is 5.73 Å². The maximum absolute atomic E-state index is 12.2. The van der Waals surface area contributed by atoms with Crippen LogP contribution in [0.5, 0.6) is 0 Å². The van der Waals surface area contributed by atoms with Gasteiger partial charge < -0.3 is 5.73 Å². The Hall–Kier alpha value is -0.920. The van der Waals surface area contributed by atoms with Crippen LogP contribution in [-0.2, 0) is 16.4 Å². The van der Waals surface area contributed by atoms with Crippen molar-refractivity contribution in [2.45, 2.75) is 32.4 Å². The van der Waals surface area contributed by atoms with E-state index in [-0.39, 0.29) is 28.7 Å². The molecule has 0 radical (unpaired) electrons. The largest absolute Gasteiger partial charge is 0.321 e. The standard InChI is InChI=1S/C11H18ClN3O3S/c1-3-5-15-10(8(12)7-14-15)11(16)9(13)4-6-19(2,17)18/h7,9H,3-6,13H2,1-2H3. The number of hydrogen-bond donors (Lipinski definition) is 1. The van der Waals surface area contributed by atoms with Crippen molar-refractivity contribution in [1.29, 1.82) is 0 Å². The summed E-state index contributed by atoms with van der Waals surface area (Å²) in [7, 11) is -3.14. The highest BCUT2D eigenvalue weighted by Gasteiger charge is 2.24. The number of hydrogen-bond acceptors (Lipinski definition) is 5. The van der Waals surface area contributed by atoms with Crippen LogP contribution in [-0.4, -0.2) is 42.0 Å². The van der Waals surface area contributed by atoms with Crippen molar-refractivity contribution < 1.29 is 13.2 Å². The predicted octanol–water partition coefficient (Wildman–Crippen LogP) is 0.891. The van der Waals surface area contributed by atoms with E-state index in [1.807, 2.05) is 6.92 Å². The number of aryl methyl sites for hydroxylation is 1. The number of Topliss-reactive ketones (excluding diaryl/α,β-unsaturated/α-hetero) is 1. The summed E-state index contributed by atoms with van der Waals surface area (Å²) in [5.74, 6) is -0.501. The normalized spacial score (nSPS) is 13.5. The van der Waals surface area contributed by atoms with E-state index in [4.69, 9.17) is 17.3 Å². The Morgan fingerprint density at radius 3 is 2.74 bits per heavy atom. The molecule has 1 heterocycles. The molecular formula is C11H18ClN3O3S. The maximum Gasteiger partial charge on any atom is 0.199 e. The van der Waals surface area contributed by atoms with Gasteiger partial charge in [0.1, 0.15) is 15.5 Å². The third-order valence-corrected chi connectivity index (χ3v) is 3.85. The lowest BCUT2D eigenvalue weighted by atomic mass is 10.1. The van der Waals surface area contributed by atoms with Gasteiger partial charge in [0, 0.05) is 12.8 Å². The second-order valence-corrected chi connectivity index (χ2v) is 7.12. The highest BCUT2D eigenvalue weighted by molar-refractivity contribution is 7.90. The minimum Gasteiger partial charge on any atom is -0.321 e. The number of halogens is 1. The Bertz CT molecular complexity index is 554. The van der Waals surface area contributed by atoms with Gasteiger partial charge in [0.25, 0.3) is 0 Å². The summed E-state index contributed by atoms with van der Waals surface area (Å²) in [5.41, 5.74) is 5.99. The number of carbonyl (C=O) groups is 1. The first kappa shape index (κ1) is 16.1. The first-order valence-electron chi connectivity index (χ1n) is 5.95. The zero-order valence-electron chi connectivity index (χ0n) is 11.0. The molecule has 0 aliphatic heterocycles. The quantitative estimate of drug-likeness (QED) is 0.755. The fourth-order valence-corrected chi connectivity index (χ4v) is 2.55. The molecular weight excluding hydrogens is 290 g/mol. The molecule has 6 nitrogen and oxygen atoms in total. The topological polar surface area (TPSA) is 95.0 Å². The van der Waals surface area contributed by atoms with Crippen LogP contribution in [0.4, 0.5) is 0 Å². The summed E-state index contributed by atoms with van der Waals surface area (Å²) < 4.78 is 23.6. The van der Waals surface area contributed by atoms with Gasteiger partial charge in [-0.15, -0.1) is 0 Å². The van der Waals surface area contributed by atoms with Crippen LogP contribution >= 0.6 is 11.6 Å². The van der Waals surface area contributed by atoms with Gasteiger partial charge in [0.15, 0.2) is 5.78 Å². The molecule has 0 aromatic carbocycles. The summed E-state index contributed by atoms with van der Waals surface area (Å²) in [6.07, 6.45) is 3.38. The van der Waals surface area contributed by atoms with Crippen molar-refractivity contribution in [1.82, 2.24) is 9.78 Å². The lowest BCUT2D eigenvalue weighted by molar-refractivity contribution is 0.0949. The van der Waals surface area contributed by atoms with Crippen molar-refractivity contribution in [3.05, 3.63) is 16.9 Å². The van der Waals surface area contributed by atoms with Crippen LogP contribution in [0.15, 0.2) is 6.20 Å². The third-order valence-electron chi connectivity index (χ3n) is 2.60. The van der Waals surface area contributed by atoms with Crippen molar-refractivity contribution in [2.24, 2.45) is 5.73 Å². The van der Waals surface area contributed by atoms with Crippen molar-refractivity contribution in [3.8, 4) is 0 Å². The summed E-state index contributed by atoms with van der Waals surface area (Å²) >= 11 is 5.93. The Kier molecular flexibility index (Phi) is 5.51.